The van der Waals surface area contributed by atoms with Crippen LogP contribution in [0.2, 0.25) is 5.02 Å². The molecule has 0 N–H and O–H groups in total. The molecule has 5 heteroatoms. The molecule has 1 atom stereocenters. The second-order valence-corrected chi connectivity index (χ2v) is 5.48. The minimum absolute atomic E-state index is 0.107. The molecule has 1 aliphatic rings. The van der Waals surface area contributed by atoms with Gasteiger partial charge in [-0.3, -0.25) is 4.79 Å². The number of hydrogen-bond acceptors (Lipinski definition) is 1. The van der Waals surface area contributed by atoms with Crippen molar-refractivity contribution in [2.24, 2.45) is 0 Å². The van der Waals surface area contributed by atoms with Gasteiger partial charge in [-0.15, -0.1) is 0 Å². The highest BCUT2D eigenvalue weighted by molar-refractivity contribution is 9.09. The van der Waals surface area contributed by atoms with Gasteiger partial charge in [-0.1, -0.05) is 27.5 Å². The van der Waals surface area contributed by atoms with Crippen molar-refractivity contribution < 1.29 is 9.18 Å². The van der Waals surface area contributed by atoms with E-state index in [2.05, 4.69) is 15.9 Å². The molecule has 0 aromatic heterocycles. The van der Waals surface area contributed by atoms with Gasteiger partial charge < -0.3 is 4.90 Å². The van der Waals surface area contributed by atoms with Crippen molar-refractivity contribution in [2.45, 2.75) is 25.3 Å². The lowest BCUT2D eigenvalue weighted by atomic mass is 10.0. The van der Waals surface area contributed by atoms with Gasteiger partial charge in [0.15, 0.2) is 0 Å². The number of piperidine rings is 1. The van der Waals surface area contributed by atoms with Crippen LogP contribution in [0.25, 0.3) is 0 Å². The molecule has 18 heavy (non-hydrogen) atoms. The van der Waals surface area contributed by atoms with Crippen molar-refractivity contribution in [1.82, 2.24) is 4.90 Å². The Kier molecular flexibility index (Phi) is 4.62. The minimum atomic E-state index is -0.424. The predicted molar refractivity (Wildman–Crippen MR) is 73.9 cm³/mol. The fourth-order valence-corrected chi connectivity index (χ4v) is 3.17. The Labute approximate surface area is 119 Å². The molecule has 1 heterocycles. The van der Waals surface area contributed by atoms with Crippen LogP contribution in [0.5, 0.6) is 0 Å². The first-order valence-electron chi connectivity index (χ1n) is 5.95. The summed E-state index contributed by atoms with van der Waals surface area (Å²) < 4.78 is 13.0. The van der Waals surface area contributed by atoms with Crippen molar-refractivity contribution >= 4 is 33.4 Å². The van der Waals surface area contributed by atoms with Gasteiger partial charge in [-0.05, 0) is 37.5 Å². The molecule has 1 aromatic rings. The zero-order chi connectivity index (χ0) is 13.1. The van der Waals surface area contributed by atoms with Gasteiger partial charge in [0.2, 0.25) is 0 Å². The van der Waals surface area contributed by atoms with Gasteiger partial charge in [0, 0.05) is 17.9 Å². The Balaban J connectivity index is 2.24. The second-order valence-electron chi connectivity index (χ2n) is 4.43. The number of benzene rings is 1. The molecule has 0 radical (unpaired) electrons. The first kappa shape index (κ1) is 13.8. The smallest absolute Gasteiger partial charge is 0.255 e. The Hall–Kier alpha value is -0.610. The van der Waals surface area contributed by atoms with Crippen molar-refractivity contribution in [3.05, 3.63) is 34.6 Å². The Morgan fingerprint density at radius 1 is 1.50 bits per heavy atom. The molecular formula is C13H14BrClFNO. The molecule has 2 rings (SSSR count). The third-order valence-corrected chi connectivity index (χ3v) is 4.29. The highest BCUT2D eigenvalue weighted by atomic mass is 79.9. The molecule has 0 spiro atoms. The van der Waals surface area contributed by atoms with E-state index in [9.17, 15) is 9.18 Å². The van der Waals surface area contributed by atoms with Crippen molar-refractivity contribution in [2.75, 3.05) is 11.9 Å². The van der Waals surface area contributed by atoms with Gasteiger partial charge in [0.05, 0.1) is 10.6 Å². The molecule has 2 nitrogen and oxygen atoms in total. The zero-order valence-corrected chi connectivity index (χ0v) is 12.2. The summed E-state index contributed by atoms with van der Waals surface area (Å²) in [4.78, 5) is 14.2. The fraction of sp³-hybridized carbons (Fsp3) is 0.462. The van der Waals surface area contributed by atoms with Gasteiger partial charge in [-0.2, -0.15) is 0 Å². The van der Waals surface area contributed by atoms with Gasteiger partial charge >= 0.3 is 0 Å². The number of halogens is 3. The molecule has 1 saturated heterocycles. The van der Waals surface area contributed by atoms with Crippen LogP contribution < -0.4 is 0 Å². The first-order chi connectivity index (χ1) is 8.63. The maximum absolute atomic E-state index is 13.0. The second kappa shape index (κ2) is 6.02. The van der Waals surface area contributed by atoms with E-state index in [-0.39, 0.29) is 17.0 Å². The number of amides is 1. The monoisotopic (exact) mass is 333 g/mol. The van der Waals surface area contributed by atoms with Crippen LogP contribution in [-0.4, -0.2) is 28.7 Å². The van der Waals surface area contributed by atoms with Gasteiger partial charge in [0.25, 0.3) is 5.91 Å². The largest absolute Gasteiger partial charge is 0.335 e. The van der Waals surface area contributed by atoms with E-state index < -0.39 is 5.82 Å². The van der Waals surface area contributed by atoms with E-state index in [0.717, 1.165) is 31.1 Å². The number of likely N-dealkylation sites (tertiary alicyclic amines) is 1. The average molecular weight is 335 g/mol. The highest BCUT2D eigenvalue weighted by Crippen LogP contribution is 2.24. The van der Waals surface area contributed by atoms with E-state index in [4.69, 9.17) is 11.6 Å². The minimum Gasteiger partial charge on any atom is -0.335 e. The lowest BCUT2D eigenvalue weighted by Crippen LogP contribution is -2.44. The molecule has 0 bridgehead atoms. The SMILES string of the molecule is O=C(c1ccc(F)cc1Cl)N1CCCCC1CBr. The summed E-state index contributed by atoms with van der Waals surface area (Å²) >= 11 is 9.37. The van der Waals surface area contributed by atoms with E-state index in [1.54, 1.807) is 0 Å². The van der Waals surface area contributed by atoms with E-state index in [0.29, 0.717) is 5.56 Å². The van der Waals surface area contributed by atoms with E-state index in [1.165, 1.54) is 18.2 Å². The normalized spacial score (nSPS) is 19.9. The van der Waals surface area contributed by atoms with Crippen LogP contribution in [0.4, 0.5) is 4.39 Å². The van der Waals surface area contributed by atoms with Gasteiger partial charge in [-0.25, -0.2) is 4.39 Å². The topological polar surface area (TPSA) is 20.3 Å². The molecule has 0 aliphatic carbocycles. The summed E-state index contributed by atoms with van der Waals surface area (Å²) in [5.74, 6) is -0.531. The van der Waals surface area contributed by atoms with Crippen LogP contribution in [0.3, 0.4) is 0 Å². The molecule has 1 aliphatic heterocycles. The molecule has 0 saturated carbocycles. The Morgan fingerprint density at radius 2 is 2.28 bits per heavy atom. The maximum Gasteiger partial charge on any atom is 0.255 e. The highest BCUT2D eigenvalue weighted by Gasteiger charge is 2.27. The summed E-state index contributed by atoms with van der Waals surface area (Å²) in [7, 11) is 0. The zero-order valence-electron chi connectivity index (χ0n) is 9.83. The van der Waals surface area contributed by atoms with Crippen LogP contribution in [0, 0.1) is 5.82 Å². The summed E-state index contributed by atoms with van der Waals surface area (Å²) in [6.07, 6.45) is 3.14. The third kappa shape index (κ3) is 2.86. The van der Waals surface area contributed by atoms with E-state index in [1.807, 2.05) is 4.90 Å². The average Bonchev–Trinajstić information content (AvgIpc) is 2.38. The lowest BCUT2D eigenvalue weighted by Gasteiger charge is -2.35. The Bertz CT molecular complexity index is 455. The predicted octanol–water partition coefficient (Wildman–Crippen LogP) is 3.87. The Morgan fingerprint density at radius 3 is 2.94 bits per heavy atom. The quantitative estimate of drug-likeness (QED) is 0.752. The van der Waals surface area contributed by atoms with E-state index >= 15 is 0 Å². The number of alkyl halides is 1. The number of carbonyl (C=O) groups is 1. The summed E-state index contributed by atoms with van der Waals surface area (Å²) in [6, 6.07) is 4.11. The molecule has 98 valence electrons. The standard InChI is InChI=1S/C13H14BrClFNO/c14-8-10-3-1-2-6-17(10)13(18)11-5-4-9(16)7-12(11)15/h4-5,7,10H,1-3,6,8H2. The summed E-state index contributed by atoms with van der Waals surface area (Å²) in [6.45, 7) is 0.739. The summed E-state index contributed by atoms with van der Waals surface area (Å²) in [5, 5.41) is 0.941. The lowest BCUT2D eigenvalue weighted by molar-refractivity contribution is 0.0642. The molecule has 1 aromatic carbocycles. The molecule has 1 fully saturated rings. The molecule has 1 amide bonds. The van der Waals surface area contributed by atoms with Crippen LogP contribution >= 0.6 is 27.5 Å². The van der Waals surface area contributed by atoms with Crippen molar-refractivity contribution in [3.63, 3.8) is 0 Å². The van der Waals surface area contributed by atoms with Crippen molar-refractivity contribution in [3.8, 4) is 0 Å². The summed E-state index contributed by atoms with van der Waals surface area (Å²) in [5.41, 5.74) is 0.380. The maximum atomic E-state index is 13.0. The molecular weight excluding hydrogens is 321 g/mol. The fourth-order valence-electron chi connectivity index (χ4n) is 2.25. The first-order valence-corrected chi connectivity index (χ1v) is 7.45. The molecule has 1 unspecified atom stereocenters. The van der Waals surface area contributed by atoms with Crippen LogP contribution in [0.1, 0.15) is 29.6 Å². The third-order valence-electron chi connectivity index (χ3n) is 3.23. The number of rotatable bonds is 2. The number of hydrogen-bond donors (Lipinski definition) is 0. The van der Waals surface area contributed by atoms with Crippen LogP contribution in [0.15, 0.2) is 18.2 Å². The van der Waals surface area contributed by atoms with Gasteiger partial charge in [0.1, 0.15) is 5.82 Å². The van der Waals surface area contributed by atoms with Crippen LogP contribution in [-0.2, 0) is 0 Å². The van der Waals surface area contributed by atoms with Crippen molar-refractivity contribution in [1.29, 1.82) is 0 Å². The number of nitrogens with zero attached hydrogens (tertiary/aromatic N) is 1. The number of carbonyl (C=O) groups excluding carboxylic acids is 1.